The summed E-state index contributed by atoms with van der Waals surface area (Å²) in [5, 5.41) is 16.5. The molecule has 2 N–H and O–H groups in total. The molecule has 0 aliphatic carbocycles. The van der Waals surface area contributed by atoms with Crippen LogP contribution in [-0.2, 0) is 4.79 Å². The Labute approximate surface area is 53.6 Å². The fourth-order valence-corrected chi connectivity index (χ4v) is 0.370. The molecule has 0 spiro atoms. The van der Waals surface area contributed by atoms with E-state index in [1.54, 1.807) is 12.2 Å². The van der Waals surface area contributed by atoms with Crippen molar-refractivity contribution in [1.82, 2.24) is 0 Å². The fourth-order valence-electron chi connectivity index (χ4n) is 0.370. The van der Waals surface area contributed by atoms with Gasteiger partial charge in [0.25, 0.3) is 0 Å². The molecule has 0 aliphatic heterocycles. The molecule has 0 bridgehead atoms. The van der Waals surface area contributed by atoms with Crippen LogP contribution in [0.5, 0.6) is 0 Å². The number of aliphatic hydroxyl groups excluding tert-OH is 1. The van der Waals surface area contributed by atoms with Crippen molar-refractivity contribution in [3.63, 3.8) is 0 Å². The van der Waals surface area contributed by atoms with Gasteiger partial charge < -0.3 is 15.0 Å². The molecule has 0 amide bonds. The van der Waals surface area contributed by atoms with E-state index >= 15 is 0 Å². The van der Waals surface area contributed by atoms with Crippen molar-refractivity contribution < 1.29 is 15.0 Å². The molecule has 0 heterocycles. The zero-order valence-electron chi connectivity index (χ0n) is 5.03. The van der Waals surface area contributed by atoms with Crippen LogP contribution in [0.2, 0.25) is 0 Å². The Morgan fingerprint density at radius 3 is 2.44 bits per heavy atom. The van der Waals surface area contributed by atoms with Crippen LogP contribution in [0, 0.1) is 0 Å². The van der Waals surface area contributed by atoms with Gasteiger partial charge in [0.05, 0.1) is 0 Å². The molecule has 0 unspecified atom stereocenters. The van der Waals surface area contributed by atoms with Gasteiger partial charge in [0, 0.05) is 12.8 Å². The minimum Gasteiger partial charge on any atom is -0.368 e. The second-order valence-electron chi connectivity index (χ2n) is 1.59. The van der Waals surface area contributed by atoms with Gasteiger partial charge in [-0.25, -0.2) is 0 Å². The smallest absolute Gasteiger partial charge is 0.154 e. The first kappa shape index (κ1) is 8.33. The van der Waals surface area contributed by atoms with Crippen molar-refractivity contribution in [3.05, 3.63) is 12.2 Å². The van der Waals surface area contributed by atoms with Crippen LogP contribution >= 0.6 is 0 Å². The molecule has 0 radical (unpaired) electrons. The SMILES string of the molecule is O=CCC=CCC(O)O. The standard InChI is InChI=1S/C6H10O3/c7-5-3-1-2-4-6(8)9/h1-2,5-6,8-9H,3-4H2. The minimum atomic E-state index is -1.30. The third-order valence-corrected chi connectivity index (χ3v) is 0.746. The van der Waals surface area contributed by atoms with E-state index in [-0.39, 0.29) is 6.42 Å². The predicted molar refractivity (Wildman–Crippen MR) is 32.7 cm³/mol. The van der Waals surface area contributed by atoms with Crippen molar-refractivity contribution >= 4 is 6.29 Å². The topological polar surface area (TPSA) is 57.5 Å². The highest BCUT2D eigenvalue weighted by atomic mass is 16.5. The van der Waals surface area contributed by atoms with E-state index < -0.39 is 6.29 Å². The zero-order chi connectivity index (χ0) is 7.11. The van der Waals surface area contributed by atoms with Gasteiger partial charge in [0.15, 0.2) is 6.29 Å². The zero-order valence-corrected chi connectivity index (χ0v) is 5.03. The molecule has 9 heavy (non-hydrogen) atoms. The van der Waals surface area contributed by atoms with E-state index in [1.807, 2.05) is 0 Å². The molecule has 0 aromatic heterocycles. The van der Waals surface area contributed by atoms with Crippen LogP contribution in [0.3, 0.4) is 0 Å². The molecule has 0 aliphatic rings. The van der Waals surface area contributed by atoms with E-state index in [0.29, 0.717) is 6.42 Å². The van der Waals surface area contributed by atoms with E-state index in [9.17, 15) is 4.79 Å². The van der Waals surface area contributed by atoms with Gasteiger partial charge in [-0.2, -0.15) is 0 Å². The molecule has 0 saturated carbocycles. The average molecular weight is 130 g/mol. The van der Waals surface area contributed by atoms with Gasteiger partial charge in [-0.1, -0.05) is 12.2 Å². The van der Waals surface area contributed by atoms with E-state index in [4.69, 9.17) is 10.2 Å². The van der Waals surface area contributed by atoms with Gasteiger partial charge >= 0.3 is 0 Å². The largest absolute Gasteiger partial charge is 0.368 e. The first-order valence-corrected chi connectivity index (χ1v) is 2.72. The molecule has 0 aromatic rings. The number of carbonyl (C=O) groups is 1. The van der Waals surface area contributed by atoms with Crippen molar-refractivity contribution in [2.75, 3.05) is 0 Å². The van der Waals surface area contributed by atoms with Crippen molar-refractivity contribution in [2.24, 2.45) is 0 Å². The van der Waals surface area contributed by atoms with Crippen LogP contribution in [0.1, 0.15) is 12.8 Å². The lowest BCUT2D eigenvalue weighted by Gasteiger charge is -1.93. The Bertz CT molecular complexity index is 96.5. The number of rotatable bonds is 4. The van der Waals surface area contributed by atoms with Crippen molar-refractivity contribution in [3.8, 4) is 0 Å². The summed E-state index contributed by atoms with van der Waals surface area (Å²) in [4.78, 5) is 9.67. The van der Waals surface area contributed by atoms with Gasteiger partial charge in [0.2, 0.25) is 0 Å². The third-order valence-electron chi connectivity index (χ3n) is 0.746. The number of aldehydes is 1. The normalized spacial score (nSPS) is 11.0. The molecule has 0 atom stereocenters. The molecule has 0 aromatic carbocycles. The molecule has 3 heteroatoms. The second-order valence-corrected chi connectivity index (χ2v) is 1.59. The Hall–Kier alpha value is -0.670. The van der Waals surface area contributed by atoms with Crippen LogP contribution in [0.25, 0.3) is 0 Å². The van der Waals surface area contributed by atoms with E-state index in [1.165, 1.54) is 0 Å². The van der Waals surface area contributed by atoms with E-state index in [2.05, 4.69) is 0 Å². The summed E-state index contributed by atoms with van der Waals surface area (Å²) in [5.74, 6) is 0. The summed E-state index contributed by atoms with van der Waals surface area (Å²) < 4.78 is 0. The van der Waals surface area contributed by atoms with Crippen LogP contribution < -0.4 is 0 Å². The predicted octanol–water partition coefficient (Wildman–Crippen LogP) is -0.168. The molecule has 0 saturated heterocycles. The highest BCUT2D eigenvalue weighted by Gasteiger charge is 1.88. The molecule has 0 fully saturated rings. The minimum absolute atomic E-state index is 0.188. The summed E-state index contributed by atoms with van der Waals surface area (Å²) in [5.41, 5.74) is 0. The lowest BCUT2D eigenvalue weighted by molar-refractivity contribution is -0.107. The maximum atomic E-state index is 9.67. The molecule has 0 rings (SSSR count). The molecular weight excluding hydrogens is 120 g/mol. The van der Waals surface area contributed by atoms with Gasteiger partial charge in [0.1, 0.15) is 6.29 Å². The van der Waals surface area contributed by atoms with Crippen LogP contribution in [-0.4, -0.2) is 22.8 Å². The van der Waals surface area contributed by atoms with Crippen molar-refractivity contribution in [2.45, 2.75) is 19.1 Å². The number of hydrogen-bond acceptors (Lipinski definition) is 3. The highest BCUT2D eigenvalue weighted by Crippen LogP contribution is 1.88. The second kappa shape index (κ2) is 5.47. The summed E-state index contributed by atoms with van der Waals surface area (Å²) in [6.45, 7) is 0. The van der Waals surface area contributed by atoms with Crippen LogP contribution in [0.4, 0.5) is 0 Å². The first-order chi connectivity index (χ1) is 4.27. The molecule has 3 nitrogen and oxygen atoms in total. The summed E-state index contributed by atoms with van der Waals surface area (Å²) in [7, 11) is 0. The van der Waals surface area contributed by atoms with Gasteiger partial charge in [-0.05, 0) is 0 Å². The number of aliphatic hydroxyl groups is 2. The Morgan fingerprint density at radius 2 is 2.00 bits per heavy atom. The van der Waals surface area contributed by atoms with Gasteiger partial charge in [-0.15, -0.1) is 0 Å². The lowest BCUT2D eigenvalue weighted by atomic mass is 10.3. The monoisotopic (exact) mass is 130 g/mol. The maximum Gasteiger partial charge on any atom is 0.154 e. The van der Waals surface area contributed by atoms with Crippen molar-refractivity contribution in [1.29, 1.82) is 0 Å². The highest BCUT2D eigenvalue weighted by molar-refractivity contribution is 5.51. The third kappa shape index (κ3) is 7.33. The summed E-state index contributed by atoms with van der Waals surface area (Å²) >= 11 is 0. The Morgan fingerprint density at radius 1 is 1.33 bits per heavy atom. The average Bonchev–Trinajstić information content (AvgIpc) is 1.80. The maximum absolute atomic E-state index is 9.67. The summed E-state index contributed by atoms with van der Waals surface area (Å²) in [6.07, 6.45) is 3.12. The number of carbonyl (C=O) groups excluding carboxylic acids is 1. The van der Waals surface area contributed by atoms with Gasteiger partial charge in [-0.3, -0.25) is 0 Å². The van der Waals surface area contributed by atoms with Crippen LogP contribution in [0.15, 0.2) is 12.2 Å². The Kier molecular flexibility index (Phi) is 5.06. The first-order valence-electron chi connectivity index (χ1n) is 2.72. The number of hydrogen-bond donors (Lipinski definition) is 2. The quantitative estimate of drug-likeness (QED) is 0.315. The molecular formula is C6H10O3. The molecule has 52 valence electrons. The Balaban J connectivity index is 3.14. The number of allylic oxidation sites excluding steroid dienone is 1. The lowest BCUT2D eigenvalue weighted by Crippen LogP contribution is -2.00. The summed E-state index contributed by atoms with van der Waals surface area (Å²) in [6, 6.07) is 0. The van der Waals surface area contributed by atoms with E-state index in [0.717, 1.165) is 6.29 Å². The fraction of sp³-hybridized carbons (Fsp3) is 0.500.